The Morgan fingerprint density at radius 1 is 1.00 bits per heavy atom. The first-order chi connectivity index (χ1) is 15.2. The van der Waals surface area contributed by atoms with Gasteiger partial charge in [0.15, 0.2) is 0 Å². The van der Waals surface area contributed by atoms with E-state index in [1.54, 1.807) is 17.0 Å². The highest BCUT2D eigenvalue weighted by molar-refractivity contribution is 5.95. The van der Waals surface area contributed by atoms with Crippen molar-refractivity contribution in [3.63, 3.8) is 0 Å². The number of piperazine rings is 1. The second-order valence-corrected chi connectivity index (χ2v) is 7.40. The Balaban J connectivity index is 1.41. The summed E-state index contributed by atoms with van der Waals surface area (Å²) in [7, 11) is 0. The van der Waals surface area contributed by atoms with Gasteiger partial charge in [-0.15, -0.1) is 0 Å². The highest BCUT2D eigenvalue weighted by Crippen LogP contribution is 2.30. The molecule has 0 unspecified atom stereocenters. The van der Waals surface area contributed by atoms with Gasteiger partial charge < -0.3 is 14.3 Å². The number of hydrogen-bond acceptors (Lipinski definition) is 6. The Morgan fingerprint density at radius 3 is 2.61 bits per heavy atom. The van der Waals surface area contributed by atoms with Gasteiger partial charge in [0, 0.05) is 43.2 Å². The lowest BCUT2D eigenvalue weighted by molar-refractivity contribution is 0.0704. The van der Waals surface area contributed by atoms with Crippen LogP contribution in [0.2, 0.25) is 0 Å². The van der Waals surface area contributed by atoms with Crippen LogP contribution in [-0.4, -0.2) is 47.1 Å². The number of hydrogen-bond donors (Lipinski definition) is 0. The van der Waals surface area contributed by atoms with E-state index in [1.165, 1.54) is 6.20 Å². The summed E-state index contributed by atoms with van der Waals surface area (Å²) in [5, 5.41) is 13.9. The Kier molecular flexibility index (Phi) is 4.81. The first-order valence-electron chi connectivity index (χ1n) is 10.1. The fourth-order valence-corrected chi connectivity index (χ4v) is 3.92. The molecule has 0 atom stereocenters. The minimum atomic E-state index is -0.136. The van der Waals surface area contributed by atoms with Gasteiger partial charge in [-0.05, 0) is 29.8 Å². The number of fused-ring (bicyclic) bond motifs is 1. The Bertz CT molecular complexity index is 1290. The highest BCUT2D eigenvalue weighted by Gasteiger charge is 2.25. The molecule has 0 aliphatic carbocycles. The molecular weight excluding hydrogens is 390 g/mol. The quantitative estimate of drug-likeness (QED) is 0.513. The lowest BCUT2D eigenvalue weighted by Crippen LogP contribution is -2.49. The van der Waals surface area contributed by atoms with E-state index in [2.05, 4.69) is 22.2 Å². The van der Waals surface area contributed by atoms with Gasteiger partial charge >= 0.3 is 0 Å². The normalized spacial score (nSPS) is 13.9. The average Bonchev–Trinajstić information content (AvgIpc) is 3.38. The predicted molar refractivity (Wildman–Crippen MR) is 117 cm³/mol. The van der Waals surface area contributed by atoms with Gasteiger partial charge in [-0.3, -0.25) is 4.79 Å². The maximum atomic E-state index is 12.5. The van der Waals surface area contributed by atoms with E-state index >= 15 is 0 Å². The lowest BCUT2D eigenvalue weighted by atomic mass is 10.0. The Morgan fingerprint density at radius 2 is 1.84 bits per heavy atom. The molecule has 1 aliphatic heterocycles. The van der Waals surface area contributed by atoms with Crippen LogP contribution in [0.3, 0.4) is 0 Å². The number of nitriles is 1. The molecular formula is C24H19N5O2. The van der Waals surface area contributed by atoms with Crippen molar-refractivity contribution in [3.05, 3.63) is 78.2 Å². The number of anilines is 1. The maximum absolute atomic E-state index is 12.5. The summed E-state index contributed by atoms with van der Waals surface area (Å²) in [6.07, 6.45) is 1.48. The largest absolute Gasteiger partial charge is 0.353 e. The summed E-state index contributed by atoms with van der Waals surface area (Å²) in [6.45, 7) is 2.55. The molecule has 1 saturated heterocycles. The van der Waals surface area contributed by atoms with Crippen LogP contribution in [0.4, 0.5) is 5.82 Å². The summed E-state index contributed by atoms with van der Waals surface area (Å²) in [5.41, 5.74) is 3.49. The molecule has 31 heavy (non-hydrogen) atoms. The zero-order chi connectivity index (χ0) is 21.2. The summed E-state index contributed by atoms with van der Waals surface area (Å²) in [5.74, 6) is 1.01. The van der Waals surface area contributed by atoms with Crippen LogP contribution in [-0.2, 0) is 0 Å². The topological polar surface area (TPSA) is 86.3 Å². The molecule has 0 N–H and O–H groups in total. The van der Waals surface area contributed by atoms with Crippen molar-refractivity contribution in [2.45, 2.75) is 0 Å². The molecule has 7 heteroatoms. The zero-order valence-electron chi connectivity index (χ0n) is 16.7. The average molecular weight is 409 g/mol. The van der Waals surface area contributed by atoms with Gasteiger partial charge in [0.05, 0.1) is 23.3 Å². The summed E-state index contributed by atoms with van der Waals surface area (Å²) >= 11 is 0. The number of carbonyl (C=O) groups is 1. The van der Waals surface area contributed by atoms with Crippen molar-refractivity contribution in [3.8, 4) is 17.2 Å². The molecule has 2 aromatic heterocycles. The smallest absolute Gasteiger partial charge is 0.292 e. The molecule has 0 bridgehead atoms. The van der Waals surface area contributed by atoms with E-state index in [0.29, 0.717) is 31.7 Å². The number of carbonyl (C=O) groups excluding carboxylic acids is 1. The predicted octanol–water partition coefficient (Wildman–Crippen LogP) is 3.72. The molecule has 1 fully saturated rings. The van der Waals surface area contributed by atoms with E-state index in [0.717, 1.165) is 27.8 Å². The van der Waals surface area contributed by atoms with Crippen LogP contribution in [0.1, 0.15) is 16.1 Å². The van der Waals surface area contributed by atoms with Gasteiger partial charge in [-0.2, -0.15) is 5.26 Å². The molecule has 4 aromatic rings. The number of amides is 1. The highest BCUT2D eigenvalue weighted by atomic mass is 16.5. The Hall–Kier alpha value is -4.18. The van der Waals surface area contributed by atoms with Crippen LogP contribution >= 0.6 is 0 Å². The minimum Gasteiger partial charge on any atom is -0.353 e. The van der Waals surface area contributed by atoms with Gasteiger partial charge in [0.2, 0.25) is 5.76 Å². The van der Waals surface area contributed by atoms with Crippen LogP contribution < -0.4 is 4.90 Å². The number of para-hydroxylation sites is 1. The number of pyridine rings is 1. The van der Waals surface area contributed by atoms with E-state index in [1.807, 2.05) is 42.5 Å². The fourth-order valence-electron chi connectivity index (χ4n) is 3.92. The lowest BCUT2D eigenvalue weighted by Gasteiger charge is -2.35. The van der Waals surface area contributed by atoms with E-state index in [9.17, 15) is 10.1 Å². The third kappa shape index (κ3) is 3.60. The number of benzene rings is 2. The monoisotopic (exact) mass is 409 g/mol. The SMILES string of the molecule is N#Cc1cccc(-c2cccc3ccc(N4CCN(C(=O)c5ccno5)CC4)nc23)c1. The summed E-state index contributed by atoms with van der Waals surface area (Å²) in [6, 6.07) is 21.5. The first-order valence-corrected chi connectivity index (χ1v) is 10.1. The summed E-state index contributed by atoms with van der Waals surface area (Å²) < 4.78 is 4.99. The van der Waals surface area contributed by atoms with E-state index < -0.39 is 0 Å². The van der Waals surface area contributed by atoms with Gasteiger partial charge in [0.25, 0.3) is 5.91 Å². The molecule has 1 aliphatic rings. The number of aromatic nitrogens is 2. The molecule has 2 aromatic carbocycles. The van der Waals surface area contributed by atoms with Crippen LogP contribution in [0.15, 0.2) is 71.4 Å². The van der Waals surface area contributed by atoms with Crippen molar-refractivity contribution in [2.24, 2.45) is 0 Å². The second-order valence-electron chi connectivity index (χ2n) is 7.40. The van der Waals surface area contributed by atoms with Crippen LogP contribution in [0, 0.1) is 11.3 Å². The molecule has 1 amide bonds. The number of nitrogens with zero attached hydrogens (tertiary/aromatic N) is 5. The van der Waals surface area contributed by atoms with E-state index in [-0.39, 0.29) is 11.7 Å². The maximum Gasteiger partial charge on any atom is 0.292 e. The standard InChI is InChI=1S/C24H19N5O2/c25-16-17-3-1-5-19(15-17)20-6-2-4-18-7-8-22(27-23(18)20)28-11-13-29(14-12-28)24(30)21-9-10-26-31-21/h1-10,15H,11-14H2. The second kappa shape index (κ2) is 7.92. The fraction of sp³-hybridized carbons (Fsp3) is 0.167. The minimum absolute atomic E-state index is 0.136. The molecule has 0 radical (unpaired) electrons. The molecule has 0 saturated carbocycles. The van der Waals surface area contributed by atoms with Crippen molar-refractivity contribution in [1.29, 1.82) is 5.26 Å². The summed E-state index contributed by atoms with van der Waals surface area (Å²) in [4.78, 5) is 21.4. The van der Waals surface area contributed by atoms with Gasteiger partial charge in [-0.1, -0.05) is 35.5 Å². The van der Waals surface area contributed by atoms with Crippen molar-refractivity contribution >= 4 is 22.6 Å². The van der Waals surface area contributed by atoms with Crippen molar-refractivity contribution < 1.29 is 9.32 Å². The number of rotatable bonds is 3. The molecule has 7 nitrogen and oxygen atoms in total. The molecule has 5 rings (SSSR count). The van der Waals surface area contributed by atoms with Crippen molar-refractivity contribution in [2.75, 3.05) is 31.1 Å². The third-order valence-electron chi connectivity index (χ3n) is 5.55. The first kappa shape index (κ1) is 18.8. The van der Waals surface area contributed by atoms with E-state index in [4.69, 9.17) is 9.51 Å². The molecule has 0 spiro atoms. The third-order valence-corrected chi connectivity index (χ3v) is 5.55. The Labute approximate surface area is 179 Å². The van der Waals surface area contributed by atoms with Gasteiger partial charge in [0.1, 0.15) is 5.82 Å². The van der Waals surface area contributed by atoms with Gasteiger partial charge in [-0.25, -0.2) is 4.98 Å². The van der Waals surface area contributed by atoms with Crippen LogP contribution in [0.25, 0.3) is 22.0 Å². The molecule has 152 valence electrons. The molecule has 3 heterocycles. The van der Waals surface area contributed by atoms with Crippen molar-refractivity contribution in [1.82, 2.24) is 15.0 Å². The zero-order valence-corrected chi connectivity index (χ0v) is 16.7. The van der Waals surface area contributed by atoms with Crippen LogP contribution in [0.5, 0.6) is 0 Å².